The Hall–Kier alpha value is 0.690. The minimum atomic E-state index is 0.315. The van der Waals surface area contributed by atoms with Crippen LogP contribution in [0.15, 0.2) is 0 Å². The van der Waals surface area contributed by atoms with Crippen LogP contribution in [0, 0.1) is 0 Å². The Balaban J connectivity index is 3.56. The van der Waals surface area contributed by atoms with Gasteiger partial charge in [-0.15, -0.1) is 0 Å². The van der Waals surface area contributed by atoms with Gasteiger partial charge in [-0.3, -0.25) is 0 Å². The predicted octanol–water partition coefficient (Wildman–Crippen LogP) is 3.72. The zero-order valence-corrected chi connectivity index (χ0v) is 10.9. The molecule has 1 nitrogen and oxygen atoms in total. The Labute approximate surface area is 90.8 Å². The fourth-order valence-corrected chi connectivity index (χ4v) is 2.27. The molecule has 74 valence electrons. The third-order valence-corrected chi connectivity index (χ3v) is 2.31. The van der Waals surface area contributed by atoms with E-state index in [4.69, 9.17) is 0 Å². The molecule has 0 fully saturated rings. The molecule has 0 amide bonds. The van der Waals surface area contributed by atoms with Crippen molar-refractivity contribution in [3.8, 4) is 0 Å². The zero-order valence-electron chi connectivity index (χ0n) is 8.78. The van der Waals surface area contributed by atoms with Crippen molar-refractivity contribution in [2.24, 2.45) is 0 Å². The molecule has 0 saturated heterocycles. The van der Waals surface area contributed by atoms with Crippen molar-refractivity contribution in [3.63, 3.8) is 0 Å². The van der Waals surface area contributed by atoms with Crippen molar-refractivity contribution in [1.29, 1.82) is 0 Å². The van der Waals surface area contributed by atoms with Crippen molar-refractivity contribution in [2.45, 2.75) is 63.0 Å². The molecular formula is C10H22IN. The molecule has 0 aromatic carbocycles. The number of unbranched alkanes of at least 4 members (excludes halogenated alkanes) is 2. The van der Waals surface area contributed by atoms with Gasteiger partial charge in [-0.2, -0.15) is 0 Å². The van der Waals surface area contributed by atoms with E-state index in [-0.39, 0.29) is 0 Å². The minimum Gasteiger partial charge on any atom is -0.301 e. The lowest BCUT2D eigenvalue weighted by atomic mass is 9.97. The molecule has 1 unspecified atom stereocenters. The van der Waals surface area contributed by atoms with Gasteiger partial charge in [0.25, 0.3) is 0 Å². The lowest BCUT2D eigenvalue weighted by Gasteiger charge is -2.28. The molecule has 0 bridgehead atoms. The Morgan fingerprint density at radius 3 is 2.33 bits per heavy atom. The van der Waals surface area contributed by atoms with E-state index >= 15 is 0 Å². The molecule has 0 aliphatic rings. The highest BCUT2D eigenvalue weighted by molar-refractivity contribution is 14.1. The molecule has 0 spiro atoms. The molecule has 0 radical (unpaired) electrons. The van der Waals surface area contributed by atoms with Gasteiger partial charge in [-0.1, -0.05) is 48.8 Å². The van der Waals surface area contributed by atoms with Gasteiger partial charge >= 0.3 is 0 Å². The summed E-state index contributed by atoms with van der Waals surface area (Å²) >= 11 is 2.42. The first-order valence-electron chi connectivity index (χ1n) is 4.89. The molecular weight excluding hydrogens is 261 g/mol. The van der Waals surface area contributed by atoms with Crippen molar-refractivity contribution in [2.75, 3.05) is 0 Å². The van der Waals surface area contributed by atoms with E-state index in [1.807, 2.05) is 0 Å². The van der Waals surface area contributed by atoms with Crippen LogP contribution in [0.25, 0.3) is 0 Å². The van der Waals surface area contributed by atoms with Gasteiger partial charge in [0.05, 0.1) is 4.05 Å². The summed E-state index contributed by atoms with van der Waals surface area (Å²) in [4.78, 5) is 0. The average molecular weight is 283 g/mol. The highest BCUT2D eigenvalue weighted by Gasteiger charge is 2.17. The summed E-state index contributed by atoms with van der Waals surface area (Å²) in [5, 5.41) is 3.56. The zero-order chi connectivity index (χ0) is 9.61. The standard InChI is InChI=1S/C10H22IN/c1-5-6-7-8-10(3,4)12-9(2)11/h9,12H,5-8H2,1-4H3. The number of halogens is 1. The van der Waals surface area contributed by atoms with Crippen LogP contribution in [-0.2, 0) is 0 Å². The number of hydrogen-bond acceptors (Lipinski definition) is 1. The molecule has 1 atom stereocenters. The molecule has 2 heteroatoms. The van der Waals surface area contributed by atoms with Crippen LogP contribution in [-0.4, -0.2) is 9.59 Å². The summed E-state index contributed by atoms with van der Waals surface area (Å²) in [6, 6.07) is 0. The van der Waals surface area contributed by atoms with E-state index < -0.39 is 0 Å². The first-order valence-corrected chi connectivity index (χ1v) is 6.14. The summed E-state index contributed by atoms with van der Waals surface area (Å²) in [7, 11) is 0. The predicted molar refractivity (Wildman–Crippen MR) is 64.8 cm³/mol. The Kier molecular flexibility index (Phi) is 6.55. The molecule has 0 aliphatic carbocycles. The lowest BCUT2D eigenvalue weighted by Crippen LogP contribution is -2.42. The molecule has 0 aliphatic heterocycles. The van der Waals surface area contributed by atoms with Gasteiger partial charge in [0.1, 0.15) is 0 Å². The van der Waals surface area contributed by atoms with Crippen LogP contribution >= 0.6 is 22.6 Å². The monoisotopic (exact) mass is 283 g/mol. The van der Waals surface area contributed by atoms with E-state index in [9.17, 15) is 0 Å². The fourth-order valence-electron chi connectivity index (χ4n) is 1.43. The third kappa shape index (κ3) is 7.35. The maximum Gasteiger partial charge on any atom is 0.0569 e. The van der Waals surface area contributed by atoms with Crippen LogP contribution in [0.4, 0.5) is 0 Å². The smallest absolute Gasteiger partial charge is 0.0569 e. The number of rotatable bonds is 6. The third-order valence-electron chi connectivity index (χ3n) is 1.99. The SMILES string of the molecule is CCCCCC(C)(C)NC(C)I. The fraction of sp³-hybridized carbons (Fsp3) is 1.00. The van der Waals surface area contributed by atoms with E-state index in [1.165, 1.54) is 25.7 Å². The molecule has 0 heterocycles. The maximum absolute atomic E-state index is 3.56. The maximum atomic E-state index is 3.56. The Morgan fingerprint density at radius 1 is 1.33 bits per heavy atom. The average Bonchev–Trinajstić information content (AvgIpc) is 1.84. The molecule has 0 aromatic rings. The van der Waals surface area contributed by atoms with E-state index in [0.29, 0.717) is 9.59 Å². The van der Waals surface area contributed by atoms with Crippen molar-refractivity contribution >= 4 is 22.6 Å². The van der Waals surface area contributed by atoms with Gasteiger partial charge in [0.2, 0.25) is 0 Å². The van der Waals surface area contributed by atoms with Gasteiger partial charge in [0, 0.05) is 5.54 Å². The minimum absolute atomic E-state index is 0.315. The second kappa shape index (κ2) is 6.19. The summed E-state index contributed by atoms with van der Waals surface area (Å²) in [6.07, 6.45) is 5.31. The first-order chi connectivity index (χ1) is 5.48. The second-order valence-electron chi connectivity index (χ2n) is 4.10. The van der Waals surface area contributed by atoms with Gasteiger partial charge in [0.15, 0.2) is 0 Å². The van der Waals surface area contributed by atoms with E-state index in [2.05, 4.69) is 55.6 Å². The van der Waals surface area contributed by atoms with Crippen LogP contribution < -0.4 is 5.32 Å². The quantitative estimate of drug-likeness (QED) is 0.339. The second-order valence-corrected chi connectivity index (χ2v) is 5.97. The van der Waals surface area contributed by atoms with Crippen LogP contribution in [0.1, 0.15) is 53.4 Å². The molecule has 1 N–H and O–H groups in total. The topological polar surface area (TPSA) is 12.0 Å². The highest BCUT2D eigenvalue weighted by Crippen LogP contribution is 2.15. The summed E-state index contributed by atoms with van der Waals surface area (Å²) in [6.45, 7) is 9.03. The van der Waals surface area contributed by atoms with Gasteiger partial charge in [-0.05, 0) is 27.2 Å². The first kappa shape index (κ1) is 12.7. The summed E-state index contributed by atoms with van der Waals surface area (Å²) in [5.41, 5.74) is 0.315. The van der Waals surface area contributed by atoms with Crippen molar-refractivity contribution < 1.29 is 0 Å². The molecule has 0 saturated carbocycles. The van der Waals surface area contributed by atoms with E-state index in [0.717, 1.165) is 0 Å². The highest BCUT2D eigenvalue weighted by atomic mass is 127. The van der Waals surface area contributed by atoms with E-state index in [1.54, 1.807) is 0 Å². The Bertz CT molecular complexity index is 110. The molecule has 0 rings (SSSR count). The number of hydrogen-bond donors (Lipinski definition) is 1. The number of nitrogens with one attached hydrogen (secondary N) is 1. The van der Waals surface area contributed by atoms with Crippen LogP contribution in [0.2, 0.25) is 0 Å². The summed E-state index contributed by atoms with van der Waals surface area (Å²) < 4.78 is 0.569. The largest absolute Gasteiger partial charge is 0.301 e. The van der Waals surface area contributed by atoms with Crippen LogP contribution in [0.3, 0.4) is 0 Å². The Morgan fingerprint density at radius 2 is 1.92 bits per heavy atom. The molecule has 12 heavy (non-hydrogen) atoms. The number of alkyl halides is 1. The van der Waals surface area contributed by atoms with Crippen LogP contribution in [0.5, 0.6) is 0 Å². The summed E-state index contributed by atoms with van der Waals surface area (Å²) in [5.74, 6) is 0. The van der Waals surface area contributed by atoms with Crippen molar-refractivity contribution in [3.05, 3.63) is 0 Å². The van der Waals surface area contributed by atoms with Gasteiger partial charge < -0.3 is 5.32 Å². The normalized spacial score (nSPS) is 14.8. The lowest BCUT2D eigenvalue weighted by molar-refractivity contribution is 0.352. The molecule has 0 aromatic heterocycles. The van der Waals surface area contributed by atoms with Crippen molar-refractivity contribution in [1.82, 2.24) is 5.32 Å². The van der Waals surface area contributed by atoms with Gasteiger partial charge in [-0.25, -0.2) is 0 Å².